The molecule has 0 heterocycles. The lowest BCUT2D eigenvalue weighted by Gasteiger charge is -2.25. The molecule has 0 fully saturated rings. The van der Waals surface area contributed by atoms with Gasteiger partial charge in [0.2, 0.25) is 0 Å². The van der Waals surface area contributed by atoms with Crippen LogP contribution in [0.3, 0.4) is 0 Å². The summed E-state index contributed by atoms with van der Waals surface area (Å²) in [4.78, 5) is 12.1. The Labute approximate surface area is 166 Å². The maximum absolute atomic E-state index is 12.1. The molecule has 0 radical (unpaired) electrons. The van der Waals surface area contributed by atoms with Crippen LogP contribution in [0.2, 0.25) is 0 Å². The van der Waals surface area contributed by atoms with Crippen molar-refractivity contribution in [1.29, 1.82) is 0 Å². The van der Waals surface area contributed by atoms with Crippen LogP contribution in [0.15, 0.2) is 42.5 Å². The highest BCUT2D eigenvalue weighted by molar-refractivity contribution is 5.94. The Morgan fingerprint density at radius 3 is 2.43 bits per heavy atom. The Morgan fingerprint density at radius 1 is 1.14 bits per heavy atom. The molecule has 3 rings (SSSR count). The molecule has 0 aromatic heterocycles. The van der Waals surface area contributed by atoms with E-state index in [0.717, 1.165) is 35.3 Å². The number of anilines is 1. The van der Waals surface area contributed by atoms with E-state index in [0.29, 0.717) is 23.6 Å². The summed E-state index contributed by atoms with van der Waals surface area (Å²) >= 11 is 0. The Bertz CT molecular complexity index is 898. The number of methoxy groups -OCH3 is 2. The van der Waals surface area contributed by atoms with E-state index in [9.17, 15) is 4.79 Å². The first-order valence-electron chi connectivity index (χ1n) is 9.34. The summed E-state index contributed by atoms with van der Waals surface area (Å²) in [5, 5.41) is 0. The van der Waals surface area contributed by atoms with Crippen molar-refractivity contribution in [3.05, 3.63) is 59.2 Å². The zero-order chi connectivity index (χ0) is 20.3. The highest BCUT2D eigenvalue weighted by Crippen LogP contribution is 2.48. The van der Waals surface area contributed by atoms with Crippen LogP contribution in [0.1, 0.15) is 48.2 Å². The third-order valence-electron chi connectivity index (χ3n) is 5.22. The fourth-order valence-electron chi connectivity index (χ4n) is 3.59. The van der Waals surface area contributed by atoms with E-state index in [-0.39, 0.29) is 5.41 Å². The second-order valence-corrected chi connectivity index (χ2v) is 7.61. The largest absolute Gasteiger partial charge is 0.497 e. The van der Waals surface area contributed by atoms with E-state index in [1.165, 1.54) is 7.11 Å². The first kappa shape index (κ1) is 19.8. The van der Waals surface area contributed by atoms with E-state index in [2.05, 4.69) is 19.9 Å². The lowest BCUT2D eigenvalue weighted by molar-refractivity contribution is 0.0600. The molecule has 2 aromatic rings. The van der Waals surface area contributed by atoms with Crippen molar-refractivity contribution in [2.24, 2.45) is 5.41 Å². The third-order valence-corrected chi connectivity index (χ3v) is 5.22. The molecule has 2 aromatic carbocycles. The van der Waals surface area contributed by atoms with Gasteiger partial charge in [0, 0.05) is 5.56 Å². The number of hydrogen-bond acceptors (Lipinski definition) is 5. The monoisotopic (exact) mass is 381 g/mol. The first-order valence-corrected chi connectivity index (χ1v) is 9.34. The van der Waals surface area contributed by atoms with Crippen molar-refractivity contribution in [2.75, 3.05) is 20.0 Å². The normalized spacial score (nSPS) is 15.1. The van der Waals surface area contributed by atoms with E-state index < -0.39 is 5.97 Å². The van der Waals surface area contributed by atoms with Crippen LogP contribution in [0.4, 0.5) is 5.69 Å². The van der Waals surface area contributed by atoms with Gasteiger partial charge in [0.25, 0.3) is 0 Å². The number of ether oxygens (including phenoxy) is 3. The lowest BCUT2D eigenvalue weighted by Crippen LogP contribution is -2.13. The predicted octanol–water partition coefficient (Wildman–Crippen LogP) is 4.85. The Kier molecular flexibility index (Phi) is 5.63. The molecular formula is C23H27NO4. The standard InChI is InChI=1S/C23H27NO4/c1-23(2)11-5-6-19(23)18-12-16(22(25)27-4)13-20(24)21(18)28-14-15-7-9-17(26-3)10-8-15/h6-10,12-13H,5,11,14,24H2,1-4H3. The molecule has 2 N–H and O–H groups in total. The Hall–Kier alpha value is -2.95. The predicted molar refractivity (Wildman–Crippen MR) is 111 cm³/mol. The van der Waals surface area contributed by atoms with Crippen LogP contribution in [0, 0.1) is 5.41 Å². The van der Waals surface area contributed by atoms with Crippen LogP contribution in [-0.2, 0) is 11.3 Å². The summed E-state index contributed by atoms with van der Waals surface area (Å²) in [6.45, 7) is 4.76. The number of allylic oxidation sites excluding steroid dienone is 2. The smallest absolute Gasteiger partial charge is 0.337 e. The molecular weight excluding hydrogens is 354 g/mol. The van der Waals surface area contributed by atoms with E-state index in [4.69, 9.17) is 19.9 Å². The second-order valence-electron chi connectivity index (χ2n) is 7.61. The highest BCUT2D eigenvalue weighted by Gasteiger charge is 2.31. The van der Waals surface area contributed by atoms with Gasteiger partial charge >= 0.3 is 5.97 Å². The van der Waals surface area contributed by atoms with Crippen LogP contribution in [-0.4, -0.2) is 20.2 Å². The number of nitrogens with two attached hydrogens (primary N) is 1. The fraction of sp³-hybridized carbons (Fsp3) is 0.348. The number of benzene rings is 2. The average Bonchev–Trinajstić information content (AvgIpc) is 3.05. The first-order chi connectivity index (χ1) is 13.4. The van der Waals surface area contributed by atoms with Gasteiger partial charge in [-0.15, -0.1) is 0 Å². The summed E-state index contributed by atoms with van der Waals surface area (Å²) < 4.78 is 16.2. The van der Waals surface area contributed by atoms with Gasteiger partial charge in [-0.3, -0.25) is 0 Å². The zero-order valence-corrected chi connectivity index (χ0v) is 16.9. The molecule has 28 heavy (non-hydrogen) atoms. The van der Waals surface area contributed by atoms with E-state index in [1.807, 2.05) is 30.3 Å². The Morgan fingerprint density at radius 2 is 1.86 bits per heavy atom. The minimum Gasteiger partial charge on any atom is -0.497 e. The van der Waals surface area contributed by atoms with E-state index >= 15 is 0 Å². The number of rotatable bonds is 6. The van der Waals surface area contributed by atoms with Crippen molar-refractivity contribution < 1.29 is 19.0 Å². The van der Waals surface area contributed by atoms with Gasteiger partial charge in [-0.1, -0.05) is 32.1 Å². The van der Waals surface area contributed by atoms with Gasteiger partial charge < -0.3 is 19.9 Å². The number of nitrogen functional groups attached to an aromatic ring is 1. The topological polar surface area (TPSA) is 70.8 Å². The lowest BCUT2D eigenvalue weighted by atomic mass is 9.81. The minimum atomic E-state index is -0.411. The third kappa shape index (κ3) is 3.98. The molecule has 148 valence electrons. The maximum atomic E-state index is 12.1. The quantitative estimate of drug-likeness (QED) is 0.572. The molecule has 0 spiro atoms. The van der Waals surface area contributed by atoms with Crippen LogP contribution < -0.4 is 15.2 Å². The maximum Gasteiger partial charge on any atom is 0.337 e. The fourth-order valence-corrected chi connectivity index (χ4v) is 3.59. The number of esters is 1. The van der Waals surface area contributed by atoms with Crippen LogP contribution in [0.25, 0.3) is 5.57 Å². The molecule has 0 saturated heterocycles. The second kappa shape index (κ2) is 7.97. The summed E-state index contributed by atoms with van der Waals surface area (Å²) in [6, 6.07) is 11.1. The average molecular weight is 381 g/mol. The van der Waals surface area contributed by atoms with Crippen molar-refractivity contribution in [2.45, 2.75) is 33.3 Å². The van der Waals surface area contributed by atoms with Gasteiger partial charge in [0.05, 0.1) is 25.5 Å². The van der Waals surface area contributed by atoms with E-state index in [1.54, 1.807) is 13.2 Å². The molecule has 1 aliphatic rings. The molecule has 5 heteroatoms. The van der Waals surface area contributed by atoms with Gasteiger partial charge in [-0.2, -0.15) is 0 Å². The molecule has 0 bridgehead atoms. The SMILES string of the molecule is COC(=O)c1cc(N)c(OCc2ccc(OC)cc2)c(C2=CCCC2(C)C)c1. The number of hydrogen-bond donors (Lipinski definition) is 1. The van der Waals surface area contributed by atoms with Gasteiger partial charge in [0.15, 0.2) is 0 Å². The van der Waals surface area contributed by atoms with Crippen molar-refractivity contribution in [3.63, 3.8) is 0 Å². The Balaban J connectivity index is 1.97. The zero-order valence-electron chi connectivity index (χ0n) is 16.9. The van der Waals surface area contributed by atoms with Gasteiger partial charge in [-0.25, -0.2) is 4.79 Å². The highest BCUT2D eigenvalue weighted by atomic mass is 16.5. The molecule has 0 amide bonds. The molecule has 0 aliphatic heterocycles. The summed E-state index contributed by atoms with van der Waals surface area (Å²) in [5.74, 6) is 0.986. The van der Waals surface area contributed by atoms with Crippen molar-refractivity contribution in [1.82, 2.24) is 0 Å². The molecule has 5 nitrogen and oxygen atoms in total. The molecule has 0 unspecified atom stereocenters. The van der Waals surface area contributed by atoms with Crippen LogP contribution >= 0.6 is 0 Å². The minimum absolute atomic E-state index is 0.0145. The van der Waals surface area contributed by atoms with Crippen molar-refractivity contribution >= 4 is 17.2 Å². The van der Waals surface area contributed by atoms with Crippen molar-refractivity contribution in [3.8, 4) is 11.5 Å². The molecule has 0 atom stereocenters. The summed E-state index contributed by atoms with van der Waals surface area (Å²) in [7, 11) is 3.00. The number of carbonyl (C=O) groups excluding carboxylic acids is 1. The summed E-state index contributed by atoms with van der Waals surface area (Å²) in [6.07, 6.45) is 4.24. The van der Waals surface area contributed by atoms with Crippen LogP contribution in [0.5, 0.6) is 11.5 Å². The van der Waals surface area contributed by atoms with Gasteiger partial charge in [0.1, 0.15) is 18.1 Å². The molecule has 1 aliphatic carbocycles. The number of carbonyl (C=O) groups is 1. The molecule has 0 saturated carbocycles. The summed E-state index contributed by atoms with van der Waals surface area (Å²) in [5.41, 5.74) is 10.1. The van der Waals surface area contributed by atoms with Gasteiger partial charge in [-0.05, 0) is 53.7 Å².